The second kappa shape index (κ2) is 7.18. The third-order valence-corrected chi connectivity index (χ3v) is 4.20. The number of hydrogen-bond acceptors (Lipinski definition) is 2. The Labute approximate surface area is 147 Å². The lowest BCUT2D eigenvalue weighted by molar-refractivity contribution is 0.101. The Bertz CT molecular complexity index is 938. The Hall–Kier alpha value is -3.14. The third-order valence-electron chi connectivity index (χ3n) is 4.20. The maximum Gasteiger partial charge on any atom is 0.273 e. The lowest BCUT2D eigenvalue weighted by Gasteiger charge is -2.09. The van der Waals surface area contributed by atoms with Crippen LogP contribution >= 0.6 is 0 Å². The monoisotopic (exact) mass is 331 g/mol. The number of carbonyl (C=O) groups is 1. The molecule has 0 atom stereocenters. The Morgan fingerprint density at radius 1 is 1.04 bits per heavy atom. The molecule has 1 amide bonds. The van der Waals surface area contributed by atoms with Crippen LogP contribution < -0.4 is 5.32 Å². The van der Waals surface area contributed by atoms with Gasteiger partial charge in [-0.15, -0.1) is 0 Å². The minimum Gasteiger partial charge on any atom is -0.320 e. The molecular weight excluding hydrogens is 310 g/mol. The van der Waals surface area contributed by atoms with Gasteiger partial charge in [-0.3, -0.25) is 9.48 Å². The summed E-state index contributed by atoms with van der Waals surface area (Å²) in [6.07, 6.45) is 5.81. The number of benzene rings is 2. The van der Waals surface area contributed by atoms with Crippen LogP contribution in [0, 0.1) is 13.8 Å². The summed E-state index contributed by atoms with van der Waals surface area (Å²) in [6, 6.07) is 16.0. The van der Waals surface area contributed by atoms with Gasteiger partial charge in [0.15, 0.2) is 0 Å². The first-order valence-corrected chi connectivity index (χ1v) is 8.18. The third kappa shape index (κ3) is 3.86. The summed E-state index contributed by atoms with van der Waals surface area (Å²) in [5.41, 5.74) is 5.90. The first kappa shape index (κ1) is 16.7. The maximum atomic E-state index is 12.3. The summed E-state index contributed by atoms with van der Waals surface area (Å²) < 4.78 is 1.56. The van der Waals surface area contributed by atoms with E-state index in [1.165, 1.54) is 11.1 Å². The van der Waals surface area contributed by atoms with Crippen LogP contribution in [-0.2, 0) is 7.05 Å². The topological polar surface area (TPSA) is 46.9 Å². The van der Waals surface area contributed by atoms with Crippen LogP contribution in [0.3, 0.4) is 0 Å². The summed E-state index contributed by atoms with van der Waals surface area (Å²) in [4.78, 5) is 12.3. The molecule has 126 valence electrons. The molecule has 1 aromatic heterocycles. The highest BCUT2D eigenvalue weighted by Gasteiger charge is 2.11. The van der Waals surface area contributed by atoms with Crippen LogP contribution in [0.25, 0.3) is 12.2 Å². The van der Waals surface area contributed by atoms with Gasteiger partial charge in [-0.2, -0.15) is 5.10 Å². The van der Waals surface area contributed by atoms with E-state index < -0.39 is 0 Å². The van der Waals surface area contributed by atoms with Crippen molar-refractivity contribution in [2.45, 2.75) is 13.8 Å². The number of hydrogen-bond donors (Lipinski definition) is 1. The van der Waals surface area contributed by atoms with Crippen molar-refractivity contribution >= 4 is 23.7 Å². The van der Waals surface area contributed by atoms with Crippen LogP contribution in [0.15, 0.2) is 54.7 Å². The van der Waals surface area contributed by atoms with Crippen LogP contribution in [0.1, 0.15) is 32.7 Å². The molecule has 0 fully saturated rings. The van der Waals surface area contributed by atoms with Gasteiger partial charge in [-0.25, -0.2) is 0 Å². The van der Waals surface area contributed by atoms with Crippen molar-refractivity contribution in [2.24, 2.45) is 7.05 Å². The van der Waals surface area contributed by atoms with E-state index in [9.17, 15) is 4.79 Å². The first-order valence-electron chi connectivity index (χ1n) is 8.18. The Balaban J connectivity index is 1.76. The van der Waals surface area contributed by atoms with E-state index in [2.05, 4.69) is 47.7 Å². The summed E-state index contributed by atoms with van der Waals surface area (Å²) in [7, 11) is 1.75. The zero-order chi connectivity index (χ0) is 17.8. The van der Waals surface area contributed by atoms with Gasteiger partial charge in [0.2, 0.25) is 0 Å². The molecule has 2 aromatic carbocycles. The summed E-state index contributed by atoms with van der Waals surface area (Å²) >= 11 is 0. The second-order valence-corrected chi connectivity index (χ2v) is 6.06. The molecular formula is C21H21N3O. The van der Waals surface area contributed by atoms with E-state index in [-0.39, 0.29) is 5.91 Å². The molecule has 0 aliphatic rings. The quantitative estimate of drug-likeness (QED) is 0.718. The maximum absolute atomic E-state index is 12.3. The highest BCUT2D eigenvalue weighted by atomic mass is 16.2. The van der Waals surface area contributed by atoms with Crippen molar-refractivity contribution < 1.29 is 4.79 Å². The standard InChI is InChI=1S/C21H21N3O/c1-15-6-4-5-7-18(15)10-8-17-9-11-19(16(2)14-17)23-21(25)20-12-13-22-24(20)3/h4-14H,1-3H3,(H,23,25)/b10-8-. The zero-order valence-corrected chi connectivity index (χ0v) is 14.7. The normalized spacial score (nSPS) is 11.0. The van der Waals surface area contributed by atoms with E-state index in [1.807, 2.05) is 31.2 Å². The van der Waals surface area contributed by atoms with Gasteiger partial charge in [0.1, 0.15) is 5.69 Å². The summed E-state index contributed by atoms with van der Waals surface area (Å²) in [6.45, 7) is 4.09. The van der Waals surface area contributed by atoms with Crippen molar-refractivity contribution in [2.75, 3.05) is 5.32 Å². The van der Waals surface area contributed by atoms with Crippen molar-refractivity contribution in [3.05, 3.63) is 82.7 Å². The van der Waals surface area contributed by atoms with Gasteiger partial charge >= 0.3 is 0 Å². The highest BCUT2D eigenvalue weighted by Crippen LogP contribution is 2.19. The fraction of sp³-hybridized carbons (Fsp3) is 0.143. The number of rotatable bonds is 4. The molecule has 3 aromatic rings. The summed E-state index contributed by atoms with van der Waals surface area (Å²) in [5.74, 6) is -0.161. The molecule has 1 N–H and O–H groups in total. The van der Waals surface area contributed by atoms with Gasteiger partial charge in [0.25, 0.3) is 5.91 Å². The first-order chi connectivity index (χ1) is 12.0. The molecule has 0 aliphatic carbocycles. The van der Waals surface area contributed by atoms with E-state index in [4.69, 9.17) is 0 Å². The largest absolute Gasteiger partial charge is 0.320 e. The minimum absolute atomic E-state index is 0.161. The van der Waals surface area contributed by atoms with Gasteiger partial charge in [0, 0.05) is 18.9 Å². The van der Waals surface area contributed by atoms with Crippen LogP contribution in [-0.4, -0.2) is 15.7 Å². The SMILES string of the molecule is Cc1ccccc1/C=C\c1ccc(NC(=O)c2ccnn2C)c(C)c1. The smallest absolute Gasteiger partial charge is 0.273 e. The highest BCUT2D eigenvalue weighted by molar-refractivity contribution is 6.03. The predicted octanol–water partition coefficient (Wildman–Crippen LogP) is 4.46. The molecule has 0 saturated carbocycles. The zero-order valence-electron chi connectivity index (χ0n) is 14.7. The Morgan fingerprint density at radius 3 is 2.52 bits per heavy atom. The van der Waals surface area contributed by atoms with Crippen LogP contribution in [0.4, 0.5) is 5.69 Å². The number of carbonyl (C=O) groups excluding carboxylic acids is 1. The number of amides is 1. The van der Waals surface area contributed by atoms with Gasteiger partial charge in [-0.1, -0.05) is 42.5 Å². The van der Waals surface area contributed by atoms with Crippen LogP contribution in [0.2, 0.25) is 0 Å². The van der Waals surface area contributed by atoms with Gasteiger partial charge < -0.3 is 5.32 Å². The number of aromatic nitrogens is 2. The van der Waals surface area contributed by atoms with E-state index in [0.717, 1.165) is 16.8 Å². The molecule has 25 heavy (non-hydrogen) atoms. The van der Waals surface area contributed by atoms with E-state index >= 15 is 0 Å². The molecule has 0 unspecified atom stereocenters. The molecule has 0 aliphatic heterocycles. The molecule has 3 rings (SSSR count). The van der Waals surface area contributed by atoms with Crippen LogP contribution in [0.5, 0.6) is 0 Å². The Kier molecular flexibility index (Phi) is 4.80. The number of anilines is 1. The molecule has 0 radical (unpaired) electrons. The van der Waals surface area contributed by atoms with Gasteiger partial charge in [-0.05, 0) is 54.3 Å². The molecule has 4 nitrogen and oxygen atoms in total. The van der Waals surface area contributed by atoms with Crippen molar-refractivity contribution in [3.8, 4) is 0 Å². The van der Waals surface area contributed by atoms with Crippen molar-refractivity contribution in [1.82, 2.24) is 9.78 Å². The molecule has 0 spiro atoms. The second-order valence-electron chi connectivity index (χ2n) is 6.06. The summed E-state index contributed by atoms with van der Waals surface area (Å²) in [5, 5.41) is 6.96. The molecule has 0 bridgehead atoms. The lowest BCUT2D eigenvalue weighted by atomic mass is 10.1. The fourth-order valence-electron chi connectivity index (χ4n) is 2.67. The predicted molar refractivity (Wildman–Crippen MR) is 102 cm³/mol. The fourth-order valence-corrected chi connectivity index (χ4v) is 2.67. The average molecular weight is 331 g/mol. The number of nitrogens with one attached hydrogen (secondary N) is 1. The van der Waals surface area contributed by atoms with E-state index in [0.29, 0.717) is 5.69 Å². The number of nitrogens with zero attached hydrogens (tertiary/aromatic N) is 2. The van der Waals surface area contributed by atoms with Gasteiger partial charge in [0.05, 0.1) is 0 Å². The van der Waals surface area contributed by atoms with Crippen molar-refractivity contribution in [1.29, 1.82) is 0 Å². The van der Waals surface area contributed by atoms with E-state index in [1.54, 1.807) is 24.0 Å². The number of aryl methyl sites for hydroxylation is 3. The Morgan fingerprint density at radius 2 is 1.84 bits per heavy atom. The lowest BCUT2D eigenvalue weighted by Crippen LogP contribution is -2.16. The molecule has 4 heteroatoms. The molecule has 0 saturated heterocycles. The minimum atomic E-state index is -0.161. The average Bonchev–Trinajstić information content (AvgIpc) is 3.02. The van der Waals surface area contributed by atoms with Crippen molar-refractivity contribution in [3.63, 3.8) is 0 Å². The molecule has 1 heterocycles.